The van der Waals surface area contributed by atoms with Gasteiger partial charge in [0.05, 0.1) is 11.5 Å². The van der Waals surface area contributed by atoms with Crippen LogP contribution in [0, 0.1) is 22.7 Å². The molecule has 2 aliphatic carbocycles. The molecule has 37 heavy (non-hydrogen) atoms. The van der Waals surface area contributed by atoms with Crippen molar-refractivity contribution < 1.29 is 0 Å². The zero-order valence-corrected chi connectivity index (χ0v) is 23.6. The Hall–Kier alpha value is -2.21. The molecule has 0 unspecified atom stereocenters. The first-order chi connectivity index (χ1) is 18.2. The van der Waals surface area contributed by atoms with Gasteiger partial charge in [0.15, 0.2) is 5.82 Å². The summed E-state index contributed by atoms with van der Waals surface area (Å²) in [6.07, 6.45) is 25.5. The number of hydrogen-bond donors (Lipinski definition) is 0. The predicted octanol–water partition coefficient (Wildman–Crippen LogP) is 10.1. The van der Waals surface area contributed by atoms with Crippen molar-refractivity contribution in [3.8, 4) is 17.5 Å². The minimum Gasteiger partial charge on any atom is -0.236 e. The summed E-state index contributed by atoms with van der Waals surface area (Å²) in [6, 6.07) is 11.7. The van der Waals surface area contributed by atoms with Gasteiger partial charge in [-0.3, -0.25) is 0 Å². The second-order valence-corrected chi connectivity index (χ2v) is 12.2. The highest BCUT2D eigenvalue weighted by Gasteiger charge is 2.35. The summed E-state index contributed by atoms with van der Waals surface area (Å²) in [4.78, 5) is 9.53. The van der Waals surface area contributed by atoms with Crippen LogP contribution >= 0.6 is 0 Å². The SMILES string of the molecule is CCCCCCCC1(C#N)CCC(c2ccc(-c3ncc(C4CCC(CCCC)CC4)cn3)cc2)CC1. The van der Waals surface area contributed by atoms with E-state index in [4.69, 9.17) is 9.97 Å². The van der Waals surface area contributed by atoms with Gasteiger partial charge >= 0.3 is 0 Å². The molecular formula is C34H49N3. The first-order valence-corrected chi connectivity index (χ1v) is 15.5. The molecule has 3 heteroatoms. The van der Waals surface area contributed by atoms with Crippen LogP contribution in [0.4, 0.5) is 0 Å². The van der Waals surface area contributed by atoms with Gasteiger partial charge in [-0.25, -0.2) is 9.97 Å². The largest absolute Gasteiger partial charge is 0.236 e. The lowest BCUT2D eigenvalue weighted by Gasteiger charge is -2.35. The molecule has 0 N–H and O–H groups in total. The average Bonchev–Trinajstić information content (AvgIpc) is 2.97. The van der Waals surface area contributed by atoms with E-state index in [1.807, 2.05) is 0 Å². The van der Waals surface area contributed by atoms with Crippen molar-refractivity contribution in [2.75, 3.05) is 0 Å². The van der Waals surface area contributed by atoms with Gasteiger partial charge in [-0.1, -0.05) is 89.5 Å². The van der Waals surface area contributed by atoms with Crippen molar-refractivity contribution in [3.05, 3.63) is 47.8 Å². The molecule has 0 saturated heterocycles. The Balaban J connectivity index is 1.27. The van der Waals surface area contributed by atoms with E-state index in [0.29, 0.717) is 11.8 Å². The van der Waals surface area contributed by atoms with Crippen LogP contribution in [-0.2, 0) is 0 Å². The molecule has 2 fully saturated rings. The van der Waals surface area contributed by atoms with Gasteiger partial charge in [-0.05, 0) is 86.7 Å². The second-order valence-electron chi connectivity index (χ2n) is 12.2. The van der Waals surface area contributed by atoms with Gasteiger partial charge in [0.1, 0.15) is 0 Å². The van der Waals surface area contributed by atoms with Crippen LogP contribution in [0.1, 0.15) is 146 Å². The Morgan fingerprint density at radius 1 is 0.757 bits per heavy atom. The Kier molecular flexibility index (Phi) is 10.6. The molecule has 1 heterocycles. The molecule has 1 aromatic carbocycles. The highest BCUT2D eigenvalue weighted by atomic mass is 14.9. The minimum atomic E-state index is -0.0764. The molecule has 1 aromatic heterocycles. The summed E-state index contributed by atoms with van der Waals surface area (Å²) in [5, 5.41) is 9.94. The normalized spacial score (nSPS) is 26.0. The van der Waals surface area contributed by atoms with Crippen molar-refractivity contribution in [2.45, 2.75) is 135 Å². The number of hydrogen-bond acceptors (Lipinski definition) is 3. The lowest BCUT2D eigenvalue weighted by molar-refractivity contribution is 0.223. The molecule has 0 bridgehead atoms. The first-order valence-electron chi connectivity index (χ1n) is 15.5. The van der Waals surface area contributed by atoms with Gasteiger partial charge < -0.3 is 0 Å². The van der Waals surface area contributed by atoms with E-state index in [0.717, 1.165) is 49.4 Å². The van der Waals surface area contributed by atoms with E-state index in [1.165, 1.54) is 88.2 Å². The van der Waals surface area contributed by atoms with E-state index in [-0.39, 0.29) is 5.41 Å². The van der Waals surface area contributed by atoms with Gasteiger partial charge in [0.2, 0.25) is 0 Å². The molecule has 0 spiro atoms. The number of aromatic nitrogens is 2. The maximum absolute atomic E-state index is 9.94. The van der Waals surface area contributed by atoms with Crippen LogP contribution < -0.4 is 0 Å². The Bertz CT molecular complexity index is 956. The maximum atomic E-state index is 9.94. The zero-order valence-electron chi connectivity index (χ0n) is 23.6. The van der Waals surface area contributed by atoms with Gasteiger partial charge in [-0.15, -0.1) is 0 Å². The summed E-state index contributed by atoms with van der Waals surface area (Å²) in [5.41, 5.74) is 3.76. The Labute approximate surface area is 226 Å². The lowest BCUT2D eigenvalue weighted by atomic mass is 9.67. The fourth-order valence-corrected chi connectivity index (χ4v) is 6.87. The topological polar surface area (TPSA) is 49.6 Å². The van der Waals surface area contributed by atoms with E-state index in [2.05, 4.69) is 56.6 Å². The quantitative estimate of drug-likeness (QED) is 0.273. The van der Waals surface area contributed by atoms with Gasteiger partial charge in [-0.2, -0.15) is 5.26 Å². The van der Waals surface area contributed by atoms with E-state index in [1.54, 1.807) is 0 Å². The van der Waals surface area contributed by atoms with Crippen molar-refractivity contribution in [2.24, 2.45) is 11.3 Å². The summed E-state index contributed by atoms with van der Waals surface area (Å²) in [5.74, 6) is 2.98. The minimum absolute atomic E-state index is 0.0764. The standard InChI is InChI=1S/C34H49N3/c1-3-5-7-8-9-21-34(26-35)22-19-30(20-23-34)28-15-17-31(18-16-28)33-36-24-32(25-37-33)29-13-11-27(12-14-29)10-6-4-2/h15-18,24-25,27,29-30H,3-14,19-23H2,1-2H3. The van der Waals surface area contributed by atoms with Crippen LogP contribution in [0.25, 0.3) is 11.4 Å². The highest BCUT2D eigenvalue weighted by molar-refractivity contribution is 5.55. The smallest absolute Gasteiger partial charge is 0.159 e. The van der Waals surface area contributed by atoms with Crippen molar-refractivity contribution >= 4 is 0 Å². The summed E-state index contributed by atoms with van der Waals surface area (Å²) in [6.45, 7) is 4.55. The van der Waals surface area contributed by atoms with E-state index in [9.17, 15) is 5.26 Å². The molecule has 200 valence electrons. The van der Waals surface area contributed by atoms with Crippen molar-refractivity contribution in [1.82, 2.24) is 9.97 Å². The second kappa shape index (κ2) is 14.1. The van der Waals surface area contributed by atoms with Crippen LogP contribution in [0.15, 0.2) is 36.7 Å². The molecule has 0 amide bonds. The fraction of sp³-hybridized carbons (Fsp3) is 0.676. The van der Waals surface area contributed by atoms with Crippen LogP contribution in [0.5, 0.6) is 0 Å². The van der Waals surface area contributed by atoms with Crippen LogP contribution in [-0.4, -0.2) is 9.97 Å². The third-order valence-corrected chi connectivity index (χ3v) is 9.53. The molecule has 2 saturated carbocycles. The van der Waals surface area contributed by atoms with Gasteiger partial charge in [0, 0.05) is 18.0 Å². The predicted molar refractivity (Wildman–Crippen MR) is 154 cm³/mol. The molecular weight excluding hydrogens is 450 g/mol. The molecule has 4 rings (SSSR count). The molecule has 2 aromatic rings. The maximum Gasteiger partial charge on any atom is 0.159 e. The molecule has 2 aliphatic rings. The Morgan fingerprint density at radius 3 is 2.00 bits per heavy atom. The van der Waals surface area contributed by atoms with E-state index < -0.39 is 0 Å². The number of unbranched alkanes of at least 4 members (excludes halogenated alkanes) is 5. The third-order valence-electron chi connectivity index (χ3n) is 9.53. The summed E-state index contributed by atoms with van der Waals surface area (Å²) >= 11 is 0. The average molecular weight is 500 g/mol. The number of benzene rings is 1. The summed E-state index contributed by atoms with van der Waals surface area (Å²) < 4.78 is 0. The Morgan fingerprint density at radius 2 is 1.38 bits per heavy atom. The van der Waals surface area contributed by atoms with Crippen molar-refractivity contribution in [3.63, 3.8) is 0 Å². The van der Waals surface area contributed by atoms with Crippen molar-refractivity contribution in [1.29, 1.82) is 5.26 Å². The highest BCUT2D eigenvalue weighted by Crippen LogP contribution is 2.46. The number of rotatable bonds is 12. The monoisotopic (exact) mass is 499 g/mol. The molecule has 0 aliphatic heterocycles. The number of nitriles is 1. The molecule has 0 atom stereocenters. The first kappa shape index (κ1) is 27.8. The fourth-order valence-electron chi connectivity index (χ4n) is 6.87. The summed E-state index contributed by atoms with van der Waals surface area (Å²) in [7, 11) is 0. The molecule has 0 radical (unpaired) electrons. The third kappa shape index (κ3) is 7.66. The number of nitrogens with zero attached hydrogens (tertiary/aromatic N) is 3. The van der Waals surface area contributed by atoms with Crippen LogP contribution in [0.2, 0.25) is 0 Å². The van der Waals surface area contributed by atoms with E-state index >= 15 is 0 Å². The van der Waals surface area contributed by atoms with Gasteiger partial charge in [0.25, 0.3) is 0 Å². The lowest BCUT2D eigenvalue weighted by Crippen LogP contribution is -2.25. The zero-order chi connectivity index (χ0) is 25.9. The molecule has 3 nitrogen and oxygen atoms in total. The van der Waals surface area contributed by atoms with Crippen LogP contribution in [0.3, 0.4) is 0 Å².